The number of Topliss-reactive ketones (excluding diaryl/α,β-unsaturated/α-hetero) is 1. The molecule has 0 amide bonds. The highest BCUT2D eigenvalue weighted by atomic mass is 16.1. The standard InChI is InChI=1S/C21H32N4O/c1-7-8-18(24-25-22)13-16-9-11-17(12-10-16)14-19(23-15(2)3)20(26)21(4,5)6/h7,9-12,15,18-19,23H,1,8,13-14H2,2-6H3/t18?,19-/m0/s1. The maximum absolute atomic E-state index is 12.7. The minimum atomic E-state index is -0.375. The Kier molecular flexibility index (Phi) is 8.56. The van der Waals surface area contributed by atoms with Gasteiger partial charge in [-0.3, -0.25) is 4.79 Å². The number of ketones is 1. The molecule has 5 nitrogen and oxygen atoms in total. The van der Waals surface area contributed by atoms with Crippen LogP contribution in [0.3, 0.4) is 0 Å². The van der Waals surface area contributed by atoms with Gasteiger partial charge >= 0.3 is 0 Å². The van der Waals surface area contributed by atoms with Crippen molar-refractivity contribution >= 4 is 5.78 Å². The number of benzene rings is 1. The molecular formula is C21H32N4O. The maximum atomic E-state index is 12.7. The molecule has 0 spiro atoms. The summed E-state index contributed by atoms with van der Waals surface area (Å²) < 4.78 is 0. The van der Waals surface area contributed by atoms with Gasteiger partial charge in [-0.25, -0.2) is 0 Å². The molecule has 0 saturated carbocycles. The molecule has 2 atom stereocenters. The number of carbonyl (C=O) groups is 1. The molecule has 0 heterocycles. The average Bonchev–Trinajstić information content (AvgIpc) is 2.54. The van der Waals surface area contributed by atoms with Crippen molar-refractivity contribution in [2.75, 3.05) is 0 Å². The SMILES string of the molecule is C=CCC(Cc1ccc(C[C@H](NC(C)C)C(=O)C(C)(C)C)cc1)N=[N+]=[N-]. The number of carbonyl (C=O) groups excluding carboxylic acids is 1. The Morgan fingerprint density at radius 2 is 1.77 bits per heavy atom. The van der Waals surface area contributed by atoms with Gasteiger partial charge in [0.1, 0.15) is 0 Å². The summed E-state index contributed by atoms with van der Waals surface area (Å²) in [5.41, 5.74) is 10.5. The van der Waals surface area contributed by atoms with Crippen LogP contribution in [0.5, 0.6) is 0 Å². The normalized spacial score (nSPS) is 13.8. The van der Waals surface area contributed by atoms with Gasteiger partial charge in [-0.15, -0.1) is 6.58 Å². The van der Waals surface area contributed by atoms with E-state index in [1.54, 1.807) is 6.08 Å². The van der Waals surface area contributed by atoms with Gasteiger partial charge in [-0.2, -0.15) is 0 Å². The summed E-state index contributed by atoms with van der Waals surface area (Å²) in [5, 5.41) is 7.22. The van der Waals surface area contributed by atoms with E-state index < -0.39 is 0 Å². The second kappa shape index (κ2) is 10.1. The number of rotatable bonds is 10. The zero-order valence-electron chi connectivity index (χ0n) is 16.7. The second-order valence-electron chi connectivity index (χ2n) is 8.10. The first-order valence-corrected chi connectivity index (χ1v) is 9.20. The van der Waals surface area contributed by atoms with E-state index in [4.69, 9.17) is 5.53 Å². The first kappa shape index (κ1) is 21.9. The molecule has 0 radical (unpaired) electrons. The smallest absolute Gasteiger partial charge is 0.155 e. The Hall–Kier alpha value is -2.10. The molecule has 1 aromatic carbocycles. The number of nitrogens with zero attached hydrogens (tertiary/aromatic N) is 3. The zero-order chi connectivity index (χ0) is 19.7. The van der Waals surface area contributed by atoms with E-state index in [9.17, 15) is 4.79 Å². The van der Waals surface area contributed by atoms with Crippen LogP contribution in [0.25, 0.3) is 10.4 Å². The minimum absolute atomic E-state index is 0.110. The first-order chi connectivity index (χ1) is 12.2. The zero-order valence-corrected chi connectivity index (χ0v) is 16.7. The molecule has 142 valence electrons. The number of nitrogens with one attached hydrogen (secondary N) is 1. The molecule has 0 fully saturated rings. The van der Waals surface area contributed by atoms with Crippen LogP contribution in [0.4, 0.5) is 0 Å². The Balaban J connectivity index is 2.86. The molecule has 0 aliphatic rings. The van der Waals surface area contributed by atoms with E-state index in [1.165, 1.54) is 0 Å². The molecule has 0 aliphatic heterocycles. The van der Waals surface area contributed by atoms with Gasteiger partial charge in [-0.05, 0) is 35.9 Å². The van der Waals surface area contributed by atoms with Crippen LogP contribution in [0, 0.1) is 5.41 Å². The van der Waals surface area contributed by atoms with Gasteiger partial charge in [0.05, 0.1) is 6.04 Å². The summed E-state index contributed by atoms with van der Waals surface area (Å²) >= 11 is 0. The lowest BCUT2D eigenvalue weighted by molar-refractivity contribution is -0.128. The van der Waals surface area contributed by atoms with Crippen LogP contribution in [-0.4, -0.2) is 23.9 Å². The van der Waals surface area contributed by atoms with Crippen LogP contribution in [0.2, 0.25) is 0 Å². The lowest BCUT2D eigenvalue weighted by Crippen LogP contribution is -2.47. The lowest BCUT2D eigenvalue weighted by atomic mass is 9.84. The van der Waals surface area contributed by atoms with Crippen LogP contribution in [0.15, 0.2) is 42.0 Å². The fourth-order valence-corrected chi connectivity index (χ4v) is 2.91. The summed E-state index contributed by atoms with van der Waals surface area (Å²) in [7, 11) is 0. The Bertz CT molecular complexity index is 637. The predicted molar refractivity (Wildman–Crippen MR) is 108 cm³/mol. The minimum Gasteiger partial charge on any atom is -0.305 e. The van der Waals surface area contributed by atoms with Crippen molar-refractivity contribution in [2.24, 2.45) is 10.5 Å². The van der Waals surface area contributed by atoms with Gasteiger partial charge < -0.3 is 5.32 Å². The largest absolute Gasteiger partial charge is 0.305 e. The molecule has 1 rings (SSSR count). The lowest BCUT2D eigenvalue weighted by Gasteiger charge is -2.27. The molecule has 26 heavy (non-hydrogen) atoms. The topological polar surface area (TPSA) is 77.9 Å². The quantitative estimate of drug-likeness (QED) is 0.277. The number of hydrogen-bond acceptors (Lipinski definition) is 3. The van der Waals surface area contributed by atoms with Crippen molar-refractivity contribution in [1.29, 1.82) is 0 Å². The molecule has 1 unspecified atom stereocenters. The molecule has 0 aromatic heterocycles. The van der Waals surface area contributed by atoms with Gasteiger partial charge in [0.15, 0.2) is 5.78 Å². The van der Waals surface area contributed by atoms with Crippen molar-refractivity contribution < 1.29 is 4.79 Å². The van der Waals surface area contributed by atoms with Crippen molar-refractivity contribution in [3.05, 3.63) is 58.5 Å². The maximum Gasteiger partial charge on any atom is 0.155 e. The first-order valence-electron chi connectivity index (χ1n) is 9.20. The van der Waals surface area contributed by atoms with Crippen LogP contribution in [-0.2, 0) is 17.6 Å². The molecule has 0 aliphatic carbocycles. The van der Waals surface area contributed by atoms with E-state index in [-0.39, 0.29) is 29.3 Å². The fourth-order valence-electron chi connectivity index (χ4n) is 2.91. The van der Waals surface area contributed by atoms with Crippen molar-refractivity contribution in [1.82, 2.24) is 5.32 Å². The van der Waals surface area contributed by atoms with E-state index in [1.807, 2.05) is 32.9 Å². The van der Waals surface area contributed by atoms with E-state index in [2.05, 4.69) is 47.9 Å². The van der Waals surface area contributed by atoms with E-state index in [0.717, 1.165) is 11.1 Å². The number of azide groups is 1. The summed E-state index contributed by atoms with van der Waals surface area (Å²) in [4.78, 5) is 15.7. The highest BCUT2D eigenvalue weighted by Gasteiger charge is 2.29. The highest BCUT2D eigenvalue weighted by Crippen LogP contribution is 2.20. The third-order valence-electron chi connectivity index (χ3n) is 4.18. The third-order valence-corrected chi connectivity index (χ3v) is 4.18. The third kappa shape index (κ3) is 7.42. The van der Waals surface area contributed by atoms with Crippen LogP contribution < -0.4 is 5.32 Å². The molecule has 1 N–H and O–H groups in total. The monoisotopic (exact) mass is 356 g/mol. The summed E-state index contributed by atoms with van der Waals surface area (Å²) in [5.74, 6) is 0.227. The van der Waals surface area contributed by atoms with Crippen molar-refractivity contribution in [3.8, 4) is 0 Å². The Morgan fingerprint density at radius 3 is 2.19 bits per heavy atom. The molecule has 0 bridgehead atoms. The molecule has 1 aromatic rings. The van der Waals surface area contributed by atoms with Crippen LogP contribution in [0.1, 0.15) is 52.2 Å². The summed E-state index contributed by atoms with van der Waals surface area (Å²) in [6.07, 6.45) is 3.78. The van der Waals surface area contributed by atoms with Gasteiger partial charge in [0.2, 0.25) is 0 Å². The van der Waals surface area contributed by atoms with E-state index in [0.29, 0.717) is 19.3 Å². The van der Waals surface area contributed by atoms with Gasteiger partial charge in [0, 0.05) is 22.4 Å². The Morgan fingerprint density at radius 1 is 1.23 bits per heavy atom. The summed E-state index contributed by atoms with van der Waals surface area (Å²) in [6, 6.07) is 8.15. The Labute approximate surface area is 157 Å². The van der Waals surface area contributed by atoms with Crippen molar-refractivity contribution in [2.45, 2.75) is 72.0 Å². The van der Waals surface area contributed by atoms with Gasteiger partial charge in [0.25, 0.3) is 0 Å². The highest BCUT2D eigenvalue weighted by molar-refractivity contribution is 5.89. The molecule has 0 saturated heterocycles. The number of hydrogen-bond donors (Lipinski definition) is 1. The van der Waals surface area contributed by atoms with Gasteiger partial charge in [-0.1, -0.05) is 70.1 Å². The van der Waals surface area contributed by atoms with Crippen LogP contribution >= 0.6 is 0 Å². The van der Waals surface area contributed by atoms with Crippen molar-refractivity contribution in [3.63, 3.8) is 0 Å². The predicted octanol–water partition coefficient (Wildman–Crippen LogP) is 5.01. The average molecular weight is 357 g/mol. The van der Waals surface area contributed by atoms with E-state index >= 15 is 0 Å². The molecular weight excluding hydrogens is 324 g/mol. The second-order valence-corrected chi connectivity index (χ2v) is 8.10. The molecule has 5 heteroatoms. The fraction of sp³-hybridized carbons (Fsp3) is 0.571. The summed E-state index contributed by atoms with van der Waals surface area (Å²) in [6.45, 7) is 13.7.